The van der Waals surface area contributed by atoms with Crippen molar-refractivity contribution in [1.82, 2.24) is 0 Å². The summed E-state index contributed by atoms with van der Waals surface area (Å²) in [6.45, 7) is 0. The van der Waals surface area contributed by atoms with Crippen molar-refractivity contribution in [1.29, 1.82) is 0 Å². The van der Waals surface area contributed by atoms with E-state index in [-0.39, 0.29) is 28.0 Å². The molecule has 2 atom stereocenters. The van der Waals surface area contributed by atoms with Gasteiger partial charge in [0, 0.05) is 0 Å². The van der Waals surface area contributed by atoms with Crippen LogP contribution in [0.2, 0.25) is 0 Å². The molecule has 0 amide bonds. The zero-order valence-corrected chi connectivity index (χ0v) is 8.48. The maximum absolute atomic E-state index is 10.4. The molecule has 0 saturated carbocycles. The van der Waals surface area contributed by atoms with Crippen LogP contribution in [0.4, 0.5) is 0 Å². The van der Waals surface area contributed by atoms with E-state index in [0.29, 0.717) is 0 Å². The topological polar surface area (TPSA) is 43.4 Å². The predicted octanol–water partition coefficient (Wildman–Crippen LogP) is 2.35. The molecule has 2 unspecified atom stereocenters. The predicted molar refractivity (Wildman–Crippen MR) is 47.9 cm³/mol. The summed E-state index contributed by atoms with van der Waals surface area (Å²) < 4.78 is 26.3. The van der Waals surface area contributed by atoms with E-state index in [0.717, 1.165) is 24.0 Å². The molecule has 1 saturated heterocycles. The zero-order chi connectivity index (χ0) is 9.26. The summed E-state index contributed by atoms with van der Waals surface area (Å²) in [6.07, 6.45) is 1.86. The van der Waals surface area contributed by atoms with Gasteiger partial charge in [0.15, 0.2) is 0 Å². The number of ether oxygens (including phenoxy) is 1. The van der Waals surface area contributed by atoms with Crippen molar-refractivity contribution in [3.05, 3.63) is 11.1 Å². The van der Waals surface area contributed by atoms with Gasteiger partial charge in [0.1, 0.15) is 0 Å². The Bertz CT molecular complexity index is 423. The molecule has 2 bridgehead atoms. The van der Waals surface area contributed by atoms with Crippen LogP contribution in [-0.2, 0) is 13.9 Å². The molecule has 3 nitrogen and oxygen atoms in total. The van der Waals surface area contributed by atoms with Gasteiger partial charge in [-0.1, -0.05) is 0 Å². The molecule has 1 fully saturated rings. The van der Waals surface area contributed by atoms with E-state index in [9.17, 15) is 9.13 Å². The average Bonchev–Trinajstić information content (AvgIpc) is 2.69. The molecule has 2 rings (SSSR count). The number of rotatable bonds is 0. The van der Waals surface area contributed by atoms with E-state index in [2.05, 4.69) is 11.3 Å². The standard InChI is InChI=1S/C8H6O3P2/c9-12-3-5-6(4-13-10)8-2-1-7(5)11-8/h7-8H,1-2H2. The quantitative estimate of drug-likeness (QED) is 0.579. The zero-order valence-electron chi connectivity index (χ0n) is 6.69. The van der Waals surface area contributed by atoms with Crippen LogP contribution in [0.5, 0.6) is 0 Å². The molecule has 66 valence electrons. The van der Waals surface area contributed by atoms with E-state index >= 15 is 0 Å². The van der Waals surface area contributed by atoms with Crippen molar-refractivity contribution in [2.24, 2.45) is 0 Å². The van der Waals surface area contributed by atoms with Crippen LogP contribution in [0.25, 0.3) is 0 Å². The molecular formula is C8H6O3P2. The summed E-state index contributed by atoms with van der Waals surface area (Å²) in [5.41, 5.74) is 6.90. The Labute approximate surface area is 77.8 Å². The fourth-order valence-electron chi connectivity index (χ4n) is 1.77. The van der Waals surface area contributed by atoms with Crippen molar-refractivity contribution in [2.75, 3.05) is 0 Å². The van der Waals surface area contributed by atoms with E-state index < -0.39 is 0 Å². The molecule has 13 heavy (non-hydrogen) atoms. The summed E-state index contributed by atoms with van der Waals surface area (Å²) in [5.74, 6) is 0. The Balaban J connectivity index is 2.53. The van der Waals surface area contributed by atoms with Gasteiger partial charge in [0.2, 0.25) is 0 Å². The summed E-state index contributed by atoms with van der Waals surface area (Å²) in [7, 11) is -0.306. The molecule has 0 aromatic rings. The van der Waals surface area contributed by atoms with Crippen LogP contribution in [0.3, 0.4) is 0 Å². The van der Waals surface area contributed by atoms with Gasteiger partial charge in [0.05, 0.1) is 0 Å². The minimum atomic E-state index is -0.153. The molecule has 0 N–H and O–H groups in total. The monoisotopic (exact) mass is 212 g/mol. The van der Waals surface area contributed by atoms with Gasteiger partial charge in [-0.3, -0.25) is 0 Å². The number of hydrogen-bond acceptors (Lipinski definition) is 3. The van der Waals surface area contributed by atoms with Crippen LogP contribution in [0.1, 0.15) is 12.8 Å². The summed E-state index contributed by atoms with van der Waals surface area (Å²) in [5, 5.41) is 0. The molecule has 0 radical (unpaired) electrons. The summed E-state index contributed by atoms with van der Waals surface area (Å²) in [6, 6.07) is 0. The van der Waals surface area contributed by atoms with Crippen molar-refractivity contribution in [3.63, 3.8) is 0 Å². The van der Waals surface area contributed by atoms with Crippen LogP contribution in [0, 0.1) is 11.3 Å². The SMILES string of the molecule is O=P#CC1=C(C#P=O)C2CCC1O2. The fourth-order valence-corrected chi connectivity index (χ4v) is 2.50. The Morgan fingerprint density at radius 3 is 1.92 bits per heavy atom. The van der Waals surface area contributed by atoms with Crippen LogP contribution in [-0.4, -0.2) is 12.2 Å². The van der Waals surface area contributed by atoms with E-state index in [1.807, 2.05) is 0 Å². The van der Waals surface area contributed by atoms with E-state index in [1.165, 1.54) is 0 Å². The van der Waals surface area contributed by atoms with Gasteiger partial charge in [-0.2, -0.15) is 0 Å². The Hall–Kier alpha value is -0.280. The average molecular weight is 212 g/mol. The summed E-state index contributed by atoms with van der Waals surface area (Å²) >= 11 is 0. The van der Waals surface area contributed by atoms with Crippen LogP contribution >= 0.6 is 15.8 Å². The second kappa shape index (κ2) is 3.84. The first-order chi connectivity index (χ1) is 6.36. The van der Waals surface area contributed by atoms with E-state index in [1.54, 1.807) is 0 Å². The van der Waals surface area contributed by atoms with E-state index in [4.69, 9.17) is 4.74 Å². The first kappa shape index (κ1) is 9.28. The number of fused-ring (bicyclic) bond motifs is 2. The van der Waals surface area contributed by atoms with Crippen molar-refractivity contribution < 1.29 is 13.9 Å². The van der Waals surface area contributed by atoms with Crippen LogP contribution < -0.4 is 0 Å². The van der Waals surface area contributed by atoms with Crippen molar-refractivity contribution in [2.45, 2.75) is 25.0 Å². The first-order valence-electron chi connectivity index (χ1n) is 3.93. The van der Waals surface area contributed by atoms with Gasteiger partial charge in [-0.05, 0) is 0 Å². The fraction of sp³-hybridized carbons (Fsp3) is 0.500. The summed E-state index contributed by atoms with van der Waals surface area (Å²) in [4.78, 5) is 0. The van der Waals surface area contributed by atoms with Crippen LogP contribution in [0.15, 0.2) is 11.1 Å². The van der Waals surface area contributed by atoms with Gasteiger partial charge in [-0.15, -0.1) is 0 Å². The molecule has 0 aromatic heterocycles. The first-order valence-corrected chi connectivity index (χ1v) is 5.55. The molecular weight excluding hydrogens is 206 g/mol. The normalized spacial score (nSPS) is 29.8. The molecule has 5 heteroatoms. The third-order valence-corrected chi connectivity index (χ3v) is 2.95. The maximum atomic E-state index is 10.4. The second-order valence-electron chi connectivity index (χ2n) is 2.92. The molecule has 0 aliphatic carbocycles. The molecule has 0 spiro atoms. The minimum absolute atomic E-state index is 0.00398. The van der Waals surface area contributed by atoms with Crippen molar-refractivity contribution >= 4 is 15.8 Å². The Kier molecular flexibility index (Phi) is 2.74. The van der Waals surface area contributed by atoms with Gasteiger partial charge < -0.3 is 0 Å². The second-order valence-corrected chi connectivity index (χ2v) is 3.74. The van der Waals surface area contributed by atoms with Gasteiger partial charge in [0.25, 0.3) is 0 Å². The molecule has 2 aliphatic rings. The molecule has 2 aliphatic heterocycles. The van der Waals surface area contributed by atoms with Gasteiger partial charge >= 0.3 is 77.1 Å². The Morgan fingerprint density at radius 1 is 1.08 bits per heavy atom. The van der Waals surface area contributed by atoms with Gasteiger partial charge in [-0.25, -0.2) is 0 Å². The van der Waals surface area contributed by atoms with Crippen molar-refractivity contribution in [3.8, 4) is 11.3 Å². The molecule has 2 heterocycles. The Morgan fingerprint density at radius 2 is 1.54 bits per heavy atom. The third-order valence-electron chi connectivity index (χ3n) is 2.29. The third kappa shape index (κ3) is 1.55. The number of hydrogen-bond donors (Lipinski definition) is 0. The molecule has 0 aromatic carbocycles.